The van der Waals surface area contributed by atoms with E-state index >= 15 is 4.39 Å². The maximum atomic E-state index is 15.1. The Kier molecular flexibility index (Phi) is 8.07. The molecule has 1 aliphatic heterocycles. The van der Waals surface area contributed by atoms with Crippen LogP contribution in [-0.2, 0) is 12.7 Å². The summed E-state index contributed by atoms with van der Waals surface area (Å²) in [7, 11) is 0. The zero-order valence-corrected chi connectivity index (χ0v) is 22.4. The summed E-state index contributed by atoms with van der Waals surface area (Å²) in [6.45, 7) is 4.33. The molecule has 3 aliphatic rings. The Morgan fingerprint density at radius 1 is 1.05 bits per heavy atom. The van der Waals surface area contributed by atoms with Crippen molar-refractivity contribution in [1.82, 2.24) is 4.90 Å². The molecule has 0 aromatic heterocycles. The van der Waals surface area contributed by atoms with Crippen LogP contribution in [0, 0.1) is 23.6 Å². The fourth-order valence-electron chi connectivity index (χ4n) is 5.97. The number of ether oxygens (including phenoxy) is 1. The summed E-state index contributed by atoms with van der Waals surface area (Å²) in [4.78, 5) is 15.2. The molecule has 0 radical (unpaired) electrons. The van der Waals surface area contributed by atoms with Crippen LogP contribution >= 0.6 is 11.6 Å². The Morgan fingerprint density at radius 2 is 1.79 bits per heavy atom. The van der Waals surface area contributed by atoms with E-state index in [0.717, 1.165) is 75.7 Å². The van der Waals surface area contributed by atoms with E-state index in [9.17, 15) is 18.0 Å². The van der Waals surface area contributed by atoms with Crippen molar-refractivity contribution < 1.29 is 27.1 Å². The Labute approximate surface area is 226 Å². The van der Waals surface area contributed by atoms with Gasteiger partial charge in [0, 0.05) is 23.6 Å². The van der Waals surface area contributed by atoms with Crippen molar-refractivity contribution in [2.24, 2.45) is 17.8 Å². The van der Waals surface area contributed by atoms with E-state index in [-0.39, 0.29) is 29.1 Å². The predicted molar refractivity (Wildman–Crippen MR) is 139 cm³/mol. The van der Waals surface area contributed by atoms with Gasteiger partial charge in [-0.3, -0.25) is 9.69 Å². The van der Waals surface area contributed by atoms with Gasteiger partial charge < -0.3 is 4.74 Å². The highest BCUT2D eigenvalue weighted by Gasteiger charge is 2.35. The van der Waals surface area contributed by atoms with Crippen LogP contribution in [0.25, 0.3) is 0 Å². The van der Waals surface area contributed by atoms with E-state index < -0.39 is 17.6 Å². The van der Waals surface area contributed by atoms with Crippen molar-refractivity contribution in [3.8, 4) is 5.75 Å². The minimum absolute atomic E-state index is 0.0748. The molecular weight excluding hydrogens is 518 g/mol. The molecule has 0 spiro atoms. The normalized spacial score (nSPS) is 23.1. The molecule has 3 fully saturated rings. The Morgan fingerprint density at radius 3 is 2.42 bits per heavy atom. The van der Waals surface area contributed by atoms with Crippen molar-refractivity contribution in [3.05, 3.63) is 63.4 Å². The van der Waals surface area contributed by atoms with Gasteiger partial charge in [-0.1, -0.05) is 24.9 Å². The van der Waals surface area contributed by atoms with Gasteiger partial charge in [-0.05, 0) is 105 Å². The zero-order chi connectivity index (χ0) is 27.0. The van der Waals surface area contributed by atoms with Crippen LogP contribution in [-0.4, -0.2) is 30.4 Å². The fourth-order valence-corrected chi connectivity index (χ4v) is 6.14. The lowest BCUT2D eigenvalue weighted by Crippen LogP contribution is -2.35. The first-order valence-corrected chi connectivity index (χ1v) is 14.1. The van der Waals surface area contributed by atoms with Gasteiger partial charge in [0.05, 0.1) is 17.7 Å². The van der Waals surface area contributed by atoms with Gasteiger partial charge in [-0.25, -0.2) is 4.39 Å². The maximum Gasteiger partial charge on any atom is 0.416 e. The summed E-state index contributed by atoms with van der Waals surface area (Å²) < 4.78 is 60.6. The van der Waals surface area contributed by atoms with Gasteiger partial charge in [0.1, 0.15) is 11.6 Å². The van der Waals surface area contributed by atoms with Gasteiger partial charge in [0.2, 0.25) is 0 Å². The molecule has 38 heavy (non-hydrogen) atoms. The summed E-state index contributed by atoms with van der Waals surface area (Å²) >= 11 is 6.18. The molecule has 3 nitrogen and oxygen atoms in total. The Hall–Kier alpha value is -2.12. The largest absolute Gasteiger partial charge is 0.493 e. The zero-order valence-electron chi connectivity index (χ0n) is 21.6. The highest BCUT2D eigenvalue weighted by atomic mass is 35.5. The van der Waals surface area contributed by atoms with Crippen LogP contribution in [0.4, 0.5) is 17.6 Å². The van der Waals surface area contributed by atoms with Gasteiger partial charge >= 0.3 is 6.18 Å². The van der Waals surface area contributed by atoms with E-state index in [1.54, 1.807) is 6.07 Å². The first-order valence-electron chi connectivity index (χ1n) is 13.7. The van der Waals surface area contributed by atoms with Crippen molar-refractivity contribution in [2.75, 3.05) is 19.7 Å². The second-order valence-electron chi connectivity index (χ2n) is 11.4. The van der Waals surface area contributed by atoms with Crippen LogP contribution < -0.4 is 4.74 Å². The van der Waals surface area contributed by atoms with Crippen LogP contribution in [0.2, 0.25) is 5.02 Å². The average Bonchev–Trinajstić information content (AvgIpc) is 3.63. The van der Waals surface area contributed by atoms with Crippen LogP contribution in [0.5, 0.6) is 5.75 Å². The number of carbonyl (C=O) groups is 1. The van der Waals surface area contributed by atoms with E-state index in [0.29, 0.717) is 35.4 Å². The van der Waals surface area contributed by atoms with E-state index in [1.807, 2.05) is 0 Å². The number of nitrogens with zero attached hydrogens (tertiary/aromatic N) is 1. The third kappa shape index (κ3) is 6.20. The first kappa shape index (κ1) is 27.4. The molecule has 1 saturated heterocycles. The lowest BCUT2D eigenvalue weighted by Gasteiger charge is -2.32. The summed E-state index contributed by atoms with van der Waals surface area (Å²) in [5, 5.41) is 0.336. The number of hydrogen-bond donors (Lipinski definition) is 0. The number of rotatable bonds is 8. The number of hydrogen-bond acceptors (Lipinski definition) is 3. The highest BCUT2D eigenvalue weighted by Crippen LogP contribution is 2.46. The van der Waals surface area contributed by atoms with E-state index in [4.69, 9.17) is 16.3 Å². The quantitative estimate of drug-likeness (QED) is 0.244. The van der Waals surface area contributed by atoms with Gasteiger partial charge in [0.15, 0.2) is 5.78 Å². The van der Waals surface area contributed by atoms with Gasteiger partial charge in [-0.15, -0.1) is 0 Å². The standard InChI is InChI=1S/C30H34ClF4NO2/c1-18-3-2-4-23(18)29(37)25-14-24(20-5-6-20)28(15-27(25)32)38-17-19-9-11-36(12-10-19)16-21-13-22(30(33,34)35)7-8-26(21)31/h7-8,13-15,18-20,23H,2-6,9-12,16-17H2,1H3/t18-,23-/m1/s1. The Bertz CT molecular complexity index is 1170. The smallest absolute Gasteiger partial charge is 0.416 e. The average molecular weight is 552 g/mol. The molecule has 2 aliphatic carbocycles. The number of likely N-dealkylation sites (tertiary alicyclic amines) is 1. The molecule has 8 heteroatoms. The summed E-state index contributed by atoms with van der Waals surface area (Å²) in [6.07, 6.45) is 2.15. The number of Topliss-reactive ketones (excluding diaryl/α,β-unsaturated/α-hetero) is 1. The van der Waals surface area contributed by atoms with Crippen molar-refractivity contribution >= 4 is 17.4 Å². The highest BCUT2D eigenvalue weighted by molar-refractivity contribution is 6.31. The molecule has 5 rings (SSSR count). The number of benzene rings is 2. The van der Waals surface area contributed by atoms with Crippen molar-refractivity contribution in [1.29, 1.82) is 0 Å². The fraction of sp³-hybridized carbons (Fsp3) is 0.567. The molecule has 2 aromatic carbocycles. The predicted octanol–water partition coefficient (Wildman–Crippen LogP) is 8.29. The minimum Gasteiger partial charge on any atom is -0.493 e. The molecule has 2 atom stereocenters. The maximum absolute atomic E-state index is 15.1. The summed E-state index contributed by atoms with van der Waals surface area (Å²) in [5.74, 6) is 0.739. The number of carbonyl (C=O) groups excluding carboxylic acids is 1. The van der Waals surface area contributed by atoms with Gasteiger partial charge in [-0.2, -0.15) is 13.2 Å². The molecule has 2 aromatic rings. The van der Waals surface area contributed by atoms with E-state index in [1.165, 1.54) is 12.1 Å². The number of alkyl halides is 3. The Balaban J connectivity index is 1.19. The van der Waals surface area contributed by atoms with Crippen molar-refractivity contribution in [3.63, 3.8) is 0 Å². The molecule has 0 amide bonds. The third-order valence-electron chi connectivity index (χ3n) is 8.53. The molecule has 2 saturated carbocycles. The molecule has 206 valence electrons. The minimum atomic E-state index is -4.40. The van der Waals surface area contributed by atoms with Crippen molar-refractivity contribution in [2.45, 2.75) is 70.5 Å². The second-order valence-corrected chi connectivity index (χ2v) is 11.8. The molecule has 0 unspecified atom stereocenters. The second kappa shape index (κ2) is 11.2. The lowest BCUT2D eigenvalue weighted by atomic mass is 9.88. The lowest BCUT2D eigenvalue weighted by molar-refractivity contribution is -0.137. The number of halogens is 5. The molecule has 0 bridgehead atoms. The summed E-state index contributed by atoms with van der Waals surface area (Å²) in [6, 6.07) is 6.60. The molecular formula is C30H34ClF4NO2. The number of ketones is 1. The monoisotopic (exact) mass is 551 g/mol. The van der Waals surface area contributed by atoms with Crippen LogP contribution in [0.15, 0.2) is 30.3 Å². The molecule has 1 heterocycles. The van der Waals surface area contributed by atoms with E-state index in [2.05, 4.69) is 11.8 Å². The number of piperidine rings is 1. The molecule has 0 N–H and O–H groups in total. The van der Waals surface area contributed by atoms with Crippen LogP contribution in [0.3, 0.4) is 0 Å². The topological polar surface area (TPSA) is 29.5 Å². The SMILES string of the molecule is C[C@@H]1CCC[C@H]1C(=O)c1cc(C2CC2)c(OCC2CCN(Cc3cc(C(F)(F)F)ccc3Cl)CC2)cc1F. The van der Waals surface area contributed by atoms with Crippen LogP contribution in [0.1, 0.15) is 84.8 Å². The first-order chi connectivity index (χ1) is 18.1. The van der Waals surface area contributed by atoms with Gasteiger partial charge in [0.25, 0.3) is 0 Å². The summed E-state index contributed by atoms with van der Waals surface area (Å²) in [5.41, 5.74) is 0.934. The third-order valence-corrected chi connectivity index (χ3v) is 8.90.